The fourth-order valence-electron chi connectivity index (χ4n) is 4.23. The van der Waals surface area contributed by atoms with Crippen LogP contribution in [-0.4, -0.2) is 65.4 Å². The Morgan fingerprint density at radius 2 is 1.83 bits per heavy atom. The van der Waals surface area contributed by atoms with E-state index in [0.29, 0.717) is 37.6 Å². The number of fused-ring (bicyclic) bond motifs is 1. The number of anilines is 1. The molecule has 1 saturated heterocycles. The maximum absolute atomic E-state index is 12.1. The van der Waals surface area contributed by atoms with Crippen molar-refractivity contribution in [1.82, 2.24) is 19.3 Å². The molecule has 30 heavy (non-hydrogen) atoms. The lowest BCUT2D eigenvalue weighted by Gasteiger charge is -2.35. The average molecular weight is 430 g/mol. The van der Waals surface area contributed by atoms with E-state index >= 15 is 0 Å². The summed E-state index contributed by atoms with van der Waals surface area (Å²) >= 11 is 0. The highest BCUT2D eigenvalue weighted by atomic mass is 32.2. The molecule has 1 aliphatic heterocycles. The Morgan fingerprint density at radius 1 is 1.13 bits per heavy atom. The van der Waals surface area contributed by atoms with Gasteiger partial charge in [0.25, 0.3) is 0 Å². The second-order valence-electron chi connectivity index (χ2n) is 7.75. The molecule has 1 aliphatic rings. The van der Waals surface area contributed by atoms with Crippen LogP contribution < -0.4 is 4.90 Å². The number of benzene rings is 1. The van der Waals surface area contributed by atoms with E-state index < -0.39 is 10.0 Å². The number of piperazine rings is 1. The summed E-state index contributed by atoms with van der Waals surface area (Å²) in [6.07, 6.45) is 0. The molecule has 3 heterocycles. The molecule has 2 N–H and O–H groups in total. The van der Waals surface area contributed by atoms with Gasteiger partial charge in [-0.2, -0.15) is 4.31 Å². The number of imidazole rings is 1. The van der Waals surface area contributed by atoms with Gasteiger partial charge in [-0.15, -0.1) is 0 Å². The molecule has 1 fully saturated rings. The van der Waals surface area contributed by atoms with E-state index in [4.69, 9.17) is 4.98 Å². The third kappa shape index (κ3) is 3.52. The van der Waals surface area contributed by atoms with Crippen molar-refractivity contribution in [3.05, 3.63) is 35.0 Å². The highest BCUT2D eigenvalue weighted by Crippen LogP contribution is 2.29. The summed E-state index contributed by atoms with van der Waals surface area (Å²) in [5.41, 5.74) is 6.07. The Balaban J connectivity index is 1.60. The van der Waals surface area contributed by atoms with E-state index in [1.54, 1.807) is 18.2 Å². The van der Waals surface area contributed by atoms with Crippen molar-refractivity contribution >= 4 is 32.5 Å². The summed E-state index contributed by atoms with van der Waals surface area (Å²) in [5.74, 6) is 0.878. The van der Waals surface area contributed by atoms with Crippen LogP contribution in [0.15, 0.2) is 18.2 Å². The van der Waals surface area contributed by atoms with Crippen LogP contribution in [0.4, 0.5) is 5.69 Å². The number of aryl methyl sites for hydroxylation is 1. The molecule has 4 rings (SSSR count). The SMILES string of the molecule is CCS(=O)(=O)N1CCN(c2ccc3nc(-c4[nH]c(C)c(C(C)=O)c4C)[nH]c3c2)CC1. The highest BCUT2D eigenvalue weighted by molar-refractivity contribution is 7.89. The van der Waals surface area contributed by atoms with Crippen LogP contribution in [0.3, 0.4) is 0 Å². The highest BCUT2D eigenvalue weighted by Gasteiger charge is 2.26. The van der Waals surface area contributed by atoms with Gasteiger partial charge < -0.3 is 14.9 Å². The summed E-state index contributed by atoms with van der Waals surface area (Å²) in [7, 11) is -3.14. The normalized spacial score (nSPS) is 15.8. The number of hydrogen-bond acceptors (Lipinski definition) is 5. The number of rotatable bonds is 5. The fourth-order valence-corrected chi connectivity index (χ4v) is 5.32. The molecule has 160 valence electrons. The zero-order valence-electron chi connectivity index (χ0n) is 17.7. The standard InChI is InChI=1S/C21H27N5O3S/c1-5-30(28,29)26-10-8-25(9-11-26)16-6-7-17-18(12-16)24-21(23-17)20-13(2)19(15(4)27)14(3)22-20/h6-7,12,22H,5,8-11H2,1-4H3,(H,23,24). The maximum Gasteiger partial charge on any atom is 0.213 e. The van der Waals surface area contributed by atoms with Crippen LogP contribution in [0.2, 0.25) is 0 Å². The second kappa shape index (κ2) is 7.55. The molecule has 0 spiro atoms. The molecule has 0 unspecified atom stereocenters. The molecule has 2 aromatic heterocycles. The minimum absolute atomic E-state index is 0.0372. The van der Waals surface area contributed by atoms with E-state index in [1.165, 1.54) is 0 Å². The zero-order valence-corrected chi connectivity index (χ0v) is 18.6. The first kappa shape index (κ1) is 20.6. The summed E-state index contributed by atoms with van der Waals surface area (Å²) in [5, 5.41) is 0. The Morgan fingerprint density at radius 3 is 2.43 bits per heavy atom. The molecule has 3 aromatic rings. The van der Waals surface area contributed by atoms with Crippen molar-refractivity contribution in [3.63, 3.8) is 0 Å². The van der Waals surface area contributed by atoms with E-state index in [-0.39, 0.29) is 11.5 Å². The number of Topliss-reactive ketones (excluding diaryl/α,β-unsaturated/α-hetero) is 1. The van der Waals surface area contributed by atoms with Gasteiger partial charge in [0.1, 0.15) is 0 Å². The quantitative estimate of drug-likeness (QED) is 0.607. The molecule has 0 aliphatic carbocycles. The average Bonchev–Trinajstić information content (AvgIpc) is 3.27. The lowest BCUT2D eigenvalue weighted by Crippen LogP contribution is -2.49. The Labute approximate surface area is 176 Å². The van der Waals surface area contributed by atoms with Crippen molar-refractivity contribution in [1.29, 1.82) is 0 Å². The van der Waals surface area contributed by atoms with E-state index in [0.717, 1.165) is 33.7 Å². The van der Waals surface area contributed by atoms with Gasteiger partial charge >= 0.3 is 0 Å². The predicted octanol–water partition coefficient (Wildman–Crippen LogP) is 2.85. The molecule has 0 saturated carbocycles. The van der Waals surface area contributed by atoms with Crippen molar-refractivity contribution < 1.29 is 13.2 Å². The van der Waals surface area contributed by atoms with Crippen LogP contribution in [0.1, 0.15) is 35.5 Å². The first-order chi connectivity index (χ1) is 14.2. The number of aromatic nitrogens is 3. The van der Waals surface area contributed by atoms with Gasteiger partial charge in [0.2, 0.25) is 10.0 Å². The van der Waals surface area contributed by atoms with Crippen molar-refractivity contribution in [3.8, 4) is 11.5 Å². The lowest BCUT2D eigenvalue weighted by molar-refractivity contribution is 0.101. The molecule has 8 nitrogen and oxygen atoms in total. The van der Waals surface area contributed by atoms with Gasteiger partial charge in [0.05, 0.1) is 22.5 Å². The van der Waals surface area contributed by atoms with Crippen molar-refractivity contribution in [2.75, 3.05) is 36.8 Å². The van der Waals surface area contributed by atoms with Crippen molar-refractivity contribution in [2.45, 2.75) is 27.7 Å². The predicted molar refractivity (Wildman–Crippen MR) is 119 cm³/mol. The molecule has 0 amide bonds. The number of H-pyrrole nitrogens is 2. The molecule has 0 atom stereocenters. The number of sulfonamides is 1. The third-order valence-corrected chi connectivity index (χ3v) is 7.74. The molecule has 1 aromatic carbocycles. The summed E-state index contributed by atoms with van der Waals surface area (Å²) in [4.78, 5) is 25.5. The molecular weight excluding hydrogens is 402 g/mol. The number of nitrogens with one attached hydrogen (secondary N) is 2. The van der Waals surface area contributed by atoms with Crippen LogP contribution in [0.25, 0.3) is 22.6 Å². The van der Waals surface area contributed by atoms with Gasteiger partial charge in [-0.05, 0) is 51.5 Å². The zero-order chi connectivity index (χ0) is 21.6. The van der Waals surface area contributed by atoms with Crippen LogP contribution in [0, 0.1) is 13.8 Å². The summed E-state index contributed by atoms with van der Waals surface area (Å²) < 4.78 is 25.7. The van der Waals surface area contributed by atoms with Gasteiger partial charge in [-0.3, -0.25) is 4.79 Å². The largest absolute Gasteiger partial charge is 0.369 e. The van der Waals surface area contributed by atoms with Gasteiger partial charge in [-0.1, -0.05) is 0 Å². The minimum Gasteiger partial charge on any atom is -0.369 e. The number of nitrogens with zero attached hydrogens (tertiary/aromatic N) is 3. The first-order valence-corrected chi connectivity index (χ1v) is 11.7. The smallest absolute Gasteiger partial charge is 0.213 e. The van der Waals surface area contributed by atoms with Crippen LogP contribution in [-0.2, 0) is 10.0 Å². The first-order valence-electron chi connectivity index (χ1n) is 10.1. The van der Waals surface area contributed by atoms with Crippen molar-refractivity contribution in [2.24, 2.45) is 0 Å². The second-order valence-corrected chi connectivity index (χ2v) is 10.0. The number of carbonyl (C=O) groups is 1. The Kier molecular flexibility index (Phi) is 5.19. The molecular formula is C21H27N5O3S. The number of ketones is 1. The van der Waals surface area contributed by atoms with E-state index in [2.05, 4.69) is 14.9 Å². The lowest BCUT2D eigenvalue weighted by atomic mass is 10.1. The minimum atomic E-state index is -3.14. The van der Waals surface area contributed by atoms with Crippen LogP contribution in [0.5, 0.6) is 0 Å². The number of hydrogen-bond donors (Lipinski definition) is 2. The maximum atomic E-state index is 12.1. The monoisotopic (exact) mass is 429 g/mol. The summed E-state index contributed by atoms with van der Waals surface area (Å²) in [6.45, 7) is 9.38. The topological polar surface area (TPSA) is 102 Å². The molecule has 0 bridgehead atoms. The molecule has 0 radical (unpaired) electrons. The fraction of sp³-hybridized carbons (Fsp3) is 0.429. The Hall–Kier alpha value is -2.65. The Bertz CT molecular complexity index is 1220. The van der Waals surface area contributed by atoms with Gasteiger partial charge in [-0.25, -0.2) is 13.4 Å². The van der Waals surface area contributed by atoms with Gasteiger partial charge in [0.15, 0.2) is 11.6 Å². The van der Waals surface area contributed by atoms with E-state index in [1.807, 2.05) is 32.0 Å². The summed E-state index contributed by atoms with van der Waals surface area (Å²) in [6, 6.07) is 6.04. The number of aromatic amines is 2. The third-order valence-electron chi connectivity index (χ3n) is 5.85. The number of carbonyl (C=O) groups excluding carboxylic acids is 1. The molecule has 9 heteroatoms. The van der Waals surface area contributed by atoms with Crippen LogP contribution >= 0.6 is 0 Å². The van der Waals surface area contributed by atoms with E-state index in [9.17, 15) is 13.2 Å². The van der Waals surface area contributed by atoms with Gasteiger partial charge in [0, 0.05) is 43.1 Å².